The second-order valence-electron chi connectivity index (χ2n) is 5.00. The van der Waals surface area contributed by atoms with E-state index in [4.69, 9.17) is 0 Å². The number of hydrogen-bond acceptors (Lipinski definition) is 2. The number of carbonyl (C=O) groups is 1. The van der Waals surface area contributed by atoms with E-state index in [1.54, 1.807) is 6.21 Å². The summed E-state index contributed by atoms with van der Waals surface area (Å²) in [7, 11) is 0. The first kappa shape index (κ1) is 12.6. The Balaban J connectivity index is 1.53. The lowest BCUT2D eigenvalue weighted by Crippen LogP contribution is -2.20. The molecule has 1 fully saturated rings. The Morgan fingerprint density at radius 1 is 1.05 bits per heavy atom. The minimum atomic E-state index is 0.00559. The molecule has 0 radical (unpaired) electrons. The van der Waals surface area contributed by atoms with Gasteiger partial charge in [-0.1, -0.05) is 60.7 Å². The van der Waals surface area contributed by atoms with Gasteiger partial charge in [-0.2, -0.15) is 5.10 Å². The smallest absolute Gasteiger partial charge is 0.243 e. The third kappa shape index (κ3) is 2.94. The molecule has 3 nitrogen and oxygen atoms in total. The highest BCUT2D eigenvalue weighted by molar-refractivity contribution is 5.85. The van der Waals surface area contributed by atoms with E-state index in [1.807, 2.05) is 48.5 Å². The summed E-state index contributed by atoms with van der Waals surface area (Å²) in [4.78, 5) is 12.0. The lowest BCUT2D eigenvalue weighted by Gasteiger charge is -2.00. The number of hydrazone groups is 1. The molecule has 0 aliphatic heterocycles. The van der Waals surface area contributed by atoms with Gasteiger partial charge in [0.15, 0.2) is 0 Å². The number of amides is 1. The summed E-state index contributed by atoms with van der Waals surface area (Å²) in [5.74, 6) is 0.416. The minimum Gasteiger partial charge on any atom is -0.273 e. The van der Waals surface area contributed by atoms with Crippen molar-refractivity contribution in [1.29, 1.82) is 0 Å². The second kappa shape index (κ2) is 5.70. The van der Waals surface area contributed by atoms with Gasteiger partial charge in [-0.05, 0) is 23.5 Å². The molecule has 0 aromatic heterocycles. The van der Waals surface area contributed by atoms with Gasteiger partial charge in [-0.15, -0.1) is 0 Å². The number of hydrogen-bond donors (Lipinski definition) is 1. The summed E-state index contributed by atoms with van der Waals surface area (Å²) in [6, 6.07) is 19.9. The third-order valence-corrected chi connectivity index (χ3v) is 3.54. The number of nitrogens with zero attached hydrogens (tertiary/aromatic N) is 1. The third-order valence-electron chi connectivity index (χ3n) is 3.54. The number of carbonyl (C=O) groups excluding carboxylic acids is 1. The molecular formula is C17H16N2O. The van der Waals surface area contributed by atoms with E-state index >= 15 is 0 Å². The fourth-order valence-corrected chi connectivity index (χ4v) is 2.35. The lowest BCUT2D eigenvalue weighted by molar-refractivity contribution is -0.122. The predicted octanol–water partition coefficient (Wildman–Crippen LogP) is 2.94. The van der Waals surface area contributed by atoms with Crippen LogP contribution in [0.1, 0.15) is 23.5 Å². The number of benzene rings is 2. The molecule has 2 aromatic rings. The van der Waals surface area contributed by atoms with Gasteiger partial charge in [0.1, 0.15) is 0 Å². The van der Waals surface area contributed by atoms with Crippen molar-refractivity contribution in [2.45, 2.75) is 12.3 Å². The second-order valence-corrected chi connectivity index (χ2v) is 5.00. The van der Waals surface area contributed by atoms with Gasteiger partial charge in [0.05, 0.1) is 6.21 Å². The molecule has 3 heteroatoms. The van der Waals surface area contributed by atoms with Crippen molar-refractivity contribution in [3.63, 3.8) is 0 Å². The van der Waals surface area contributed by atoms with E-state index < -0.39 is 0 Å². The molecule has 0 bridgehead atoms. The molecule has 0 heterocycles. The van der Waals surface area contributed by atoms with E-state index in [0.29, 0.717) is 5.92 Å². The van der Waals surface area contributed by atoms with Gasteiger partial charge < -0.3 is 0 Å². The Hall–Kier alpha value is -2.42. The highest BCUT2D eigenvalue weighted by Gasteiger charge is 2.43. The molecule has 3 rings (SSSR count). The summed E-state index contributed by atoms with van der Waals surface area (Å²) in [6.45, 7) is 0. The highest BCUT2D eigenvalue weighted by Crippen LogP contribution is 2.47. The van der Waals surface area contributed by atoms with Crippen LogP contribution in [0.15, 0.2) is 65.8 Å². The SMILES string of the molecule is O=C(N/N=C/c1ccccc1)[C@@H]1CC1c1ccccc1. The van der Waals surface area contributed by atoms with Crippen LogP contribution in [0.2, 0.25) is 0 Å². The molecule has 1 amide bonds. The maximum atomic E-state index is 12.0. The molecule has 0 saturated heterocycles. The normalized spacial score (nSPS) is 20.8. The van der Waals surface area contributed by atoms with Crippen LogP contribution in [-0.4, -0.2) is 12.1 Å². The summed E-state index contributed by atoms with van der Waals surface area (Å²) >= 11 is 0. The van der Waals surface area contributed by atoms with Gasteiger partial charge in [0.2, 0.25) is 5.91 Å². The molecule has 0 spiro atoms. The minimum absolute atomic E-state index is 0.00559. The number of rotatable bonds is 4. The van der Waals surface area contributed by atoms with Crippen molar-refractivity contribution >= 4 is 12.1 Å². The van der Waals surface area contributed by atoms with Crippen LogP contribution in [0.5, 0.6) is 0 Å². The topological polar surface area (TPSA) is 41.5 Å². The summed E-state index contributed by atoms with van der Waals surface area (Å²) in [6.07, 6.45) is 2.58. The molecule has 100 valence electrons. The Kier molecular flexibility index (Phi) is 3.59. The largest absolute Gasteiger partial charge is 0.273 e. The highest BCUT2D eigenvalue weighted by atomic mass is 16.2. The zero-order valence-corrected chi connectivity index (χ0v) is 11.1. The van der Waals surface area contributed by atoms with Gasteiger partial charge in [0.25, 0.3) is 0 Å². The molecule has 2 atom stereocenters. The molecule has 20 heavy (non-hydrogen) atoms. The van der Waals surface area contributed by atoms with Crippen molar-refractivity contribution in [2.75, 3.05) is 0 Å². The fourth-order valence-electron chi connectivity index (χ4n) is 2.35. The van der Waals surface area contributed by atoms with Crippen molar-refractivity contribution in [2.24, 2.45) is 11.0 Å². The van der Waals surface area contributed by atoms with Crippen molar-refractivity contribution in [3.05, 3.63) is 71.8 Å². The van der Waals surface area contributed by atoms with Crippen molar-refractivity contribution in [1.82, 2.24) is 5.43 Å². The van der Waals surface area contributed by atoms with Gasteiger partial charge in [0, 0.05) is 5.92 Å². The first-order valence-corrected chi connectivity index (χ1v) is 6.77. The average Bonchev–Trinajstić information content (AvgIpc) is 3.30. The van der Waals surface area contributed by atoms with Crippen LogP contribution < -0.4 is 5.43 Å². The predicted molar refractivity (Wildman–Crippen MR) is 79.5 cm³/mol. The van der Waals surface area contributed by atoms with E-state index in [9.17, 15) is 4.79 Å². The van der Waals surface area contributed by atoms with Gasteiger partial charge >= 0.3 is 0 Å². The number of nitrogens with one attached hydrogen (secondary N) is 1. The van der Waals surface area contributed by atoms with Crippen molar-refractivity contribution < 1.29 is 4.79 Å². The zero-order valence-electron chi connectivity index (χ0n) is 11.1. The van der Waals surface area contributed by atoms with E-state index in [1.165, 1.54) is 5.56 Å². The standard InChI is InChI=1S/C17H16N2O/c20-17(19-18-12-13-7-3-1-4-8-13)16-11-15(16)14-9-5-2-6-10-14/h1-10,12,15-16H,11H2,(H,19,20)/b18-12+/t15?,16-/m1/s1. The maximum Gasteiger partial charge on any atom is 0.243 e. The van der Waals surface area contributed by atoms with E-state index in [0.717, 1.165) is 12.0 Å². The van der Waals surface area contributed by atoms with Gasteiger partial charge in [-0.3, -0.25) is 4.79 Å². The van der Waals surface area contributed by atoms with Crippen LogP contribution in [0, 0.1) is 5.92 Å². The van der Waals surface area contributed by atoms with Gasteiger partial charge in [-0.25, -0.2) is 5.43 Å². The molecule has 1 saturated carbocycles. The van der Waals surface area contributed by atoms with Crippen molar-refractivity contribution in [3.8, 4) is 0 Å². The van der Waals surface area contributed by atoms with Crippen LogP contribution >= 0.6 is 0 Å². The van der Waals surface area contributed by atoms with E-state index in [2.05, 4.69) is 22.7 Å². The molecule has 2 aromatic carbocycles. The Morgan fingerprint density at radius 3 is 2.40 bits per heavy atom. The molecule has 1 aliphatic rings. The molecular weight excluding hydrogens is 248 g/mol. The van der Waals surface area contributed by atoms with Crippen LogP contribution in [0.4, 0.5) is 0 Å². The average molecular weight is 264 g/mol. The first-order chi connectivity index (χ1) is 9.84. The van der Waals surface area contributed by atoms with E-state index in [-0.39, 0.29) is 11.8 Å². The zero-order chi connectivity index (χ0) is 13.8. The van der Waals surface area contributed by atoms with Crippen LogP contribution in [-0.2, 0) is 4.79 Å². The Bertz CT molecular complexity index is 607. The maximum absolute atomic E-state index is 12.0. The summed E-state index contributed by atoms with van der Waals surface area (Å²) < 4.78 is 0. The monoisotopic (exact) mass is 264 g/mol. The fraction of sp³-hybridized carbons (Fsp3) is 0.176. The molecule has 1 N–H and O–H groups in total. The van der Waals surface area contributed by atoms with Crippen LogP contribution in [0.3, 0.4) is 0 Å². The molecule has 1 aliphatic carbocycles. The lowest BCUT2D eigenvalue weighted by atomic mass is 10.1. The molecule has 1 unspecified atom stereocenters. The Labute approximate surface area is 118 Å². The Morgan fingerprint density at radius 2 is 1.70 bits per heavy atom. The first-order valence-electron chi connectivity index (χ1n) is 6.77. The quantitative estimate of drug-likeness (QED) is 0.669. The summed E-state index contributed by atoms with van der Waals surface area (Å²) in [5, 5.41) is 4.01. The van der Waals surface area contributed by atoms with Crippen LogP contribution in [0.25, 0.3) is 0 Å². The summed E-state index contributed by atoms with van der Waals surface area (Å²) in [5.41, 5.74) is 4.83.